The van der Waals surface area contributed by atoms with Crippen molar-refractivity contribution in [2.24, 2.45) is 40.4 Å². The van der Waals surface area contributed by atoms with Crippen molar-refractivity contribution in [1.29, 1.82) is 0 Å². The first-order valence-electron chi connectivity index (χ1n) is 12.3. The van der Waals surface area contributed by atoms with Gasteiger partial charge in [0.25, 0.3) is 0 Å². The number of fused-ring (bicyclic) bond motifs is 6. The van der Waals surface area contributed by atoms with Crippen LogP contribution in [0.4, 0.5) is 0 Å². The minimum Gasteiger partial charge on any atom is -0.481 e. The predicted octanol–water partition coefficient (Wildman–Crippen LogP) is 5.80. The number of carboxylic acids is 1. The van der Waals surface area contributed by atoms with Gasteiger partial charge in [-0.3, -0.25) is 4.79 Å². The minimum absolute atomic E-state index is 0.113. The Morgan fingerprint density at radius 2 is 1.97 bits per heavy atom. The van der Waals surface area contributed by atoms with E-state index < -0.39 is 5.97 Å². The Labute approximate surface area is 186 Å². The third-order valence-electron chi connectivity index (χ3n) is 10.4. The zero-order chi connectivity index (χ0) is 22.2. The monoisotopic (exact) mass is 426 g/mol. The molecule has 0 spiro atoms. The van der Waals surface area contributed by atoms with Crippen molar-refractivity contribution in [2.45, 2.75) is 91.4 Å². The van der Waals surface area contributed by atoms with Gasteiger partial charge in [-0.05, 0) is 78.9 Å². The SMILES string of the molecule is C[C@H](CCC(=O)O)[C@H]1CC[C@H]2[C@@H]3CC=C4C(C)(C)c5nonc5C[C@]4(C)[C@H]3CC[C@]12C. The number of aliphatic carboxylic acids is 1. The van der Waals surface area contributed by atoms with Crippen LogP contribution in [0.5, 0.6) is 0 Å². The molecule has 0 amide bonds. The lowest BCUT2D eigenvalue weighted by Crippen LogP contribution is -2.54. The van der Waals surface area contributed by atoms with Gasteiger partial charge in [-0.15, -0.1) is 0 Å². The molecule has 5 nitrogen and oxygen atoms in total. The Balaban J connectivity index is 1.44. The quantitative estimate of drug-likeness (QED) is 0.616. The molecular weight excluding hydrogens is 388 g/mol. The summed E-state index contributed by atoms with van der Waals surface area (Å²) in [5.41, 5.74) is 4.02. The van der Waals surface area contributed by atoms with E-state index >= 15 is 0 Å². The van der Waals surface area contributed by atoms with Crippen LogP contribution in [0, 0.1) is 40.4 Å². The first kappa shape index (κ1) is 21.2. The first-order valence-corrected chi connectivity index (χ1v) is 12.3. The van der Waals surface area contributed by atoms with Crippen LogP contribution >= 0.6 is 0 Å². The van der Waals surface area contributed by atoms with Crippen LogP contribution in [-0.4, -0.2) is 21.4 Å². The Bertz CT molecular complexity index is 918. The van der Waals surface area contributed by atoms with E-state index in [0.29, 0.717) is 29.6 Å². The Hall–Kier alpha value is -1.65. The molecule has 1 aromatic heterocycles. The van der Waals surface area contributed by atoms with Gasteiger partial charge < -0.3 is 5.11 Å². The van der Waals surface area contributed by atoms with Gasteiger partial charge in [-0.2, -0.15) is 0 Å². The van der Waals surface area contributed by atoms with Crippen LogP contribution < -0.4 is 0 Å². The molecule has 1 heterocycles. The number of carboxylic acid groups (broad SMARTS) is 1. The average molecular weight is 427 g/mol. The summed E-state index contributed by atoms with van der Waals surface area (Å²) in [6, 6.07) is 0. The summed E-state index contributed by atoms with van der Waals surface area (Å²) in [7, 11) is 0. The lowest BCUT2D eigenvalue weighted by atomic mass is 9.44. The maximum absolute atomic E-state index is 11.1. The molecule has 0 bridgehead atoms. The summed E-state index contributed by atoms with van der Waals surface area (Å²) in [5, 5.41) is 17.8. The van der Waals surface area contributed by atoms with Crippen LogP contribution in [0.15, 0.2) is 16.3 Å². The Morgan fingerprint density at radius 1 is 1.19 bits per heavy atom. The van der Waals surface area contributed by atoms with Crippen LogP contribution in [0.1, 0.15) is 91.0 Å². The molecule has 170 valence electrons. The van der Waals surface area contributed by atoms with Crippen molar-refractivity contribution in [3.05, 3.63) is 23.0 Å². The predicted molar refractivity (Wildman–Crippen MR) is 118 cm³/mol. The largest absolute Gasteiger partial charge is 0.481 e. The summed E-state index contributed by atoms with van der Waals surface area (Å²) < 4.78 is 5.19. The van der Waals surface area contributed by atoms with E-state index in [1.54, 1.807) is 5.57 Å². The number of carbonyl (C=O) groups is 1. The molecular formula is C26H38N2O3. The second-order valence-corrected chi connectivity index (χ2v) is 12.1. The highest BCUT2D eigenvalue weighted by molar-refractivity contribution is 5.66. The number of aromatic nitrogens is 2. The molecule has 5 heteroatoms. The molecule has 0 unspecified atom stereocenters. The summed E-state index contributed by atoms with van der Waals surface area (Å²) in [6.07, 6.45) is 10.9. The molecule has 2 saturated carbocycles. The molecule has 0 aromatic carbocycles. The van der Waals surface area contributed by atoms with E-state index in [1.807, 2.05) is 0 Å². The fourth-order valence-electron chi connectivity index (χ4n) is 9.09. The fourth-order valence-corrected chi connectivity index (χ4v) is 9.09. The third-order valence-corrected chi connectivity index (χ3v) is 10.4. The van der Waals surface area contributed by atoms with E-state index in [1.165, 1.54) is 32.1 Å². The summed E-state index contributed by atoms with van der Waals surface area (Å²) in [5.74, 6) is 2.65. The van der Waals surface area contributed by atoms with E-state index in [4.69, 9.17) is 9.74 Å². The molecule has 2 fully saturated rings. The van der Waals surface area contributed by atoms with E-state index in [0.717, 1.165) is 36.1 Å². The van der Waals surface area contributed by atoms with Crippen molar-refractivity contribution in [1.82, 2.24) is 10.3 Å². The molecule has 5 rings (SSSR count). The number of allylic oxidation sites excluding steroid dienone is 2. The Morgan fingerprint density at radius 3 is 2.71 bits per heavy atom. The molecule has 0 saturated heterocycles. The van der Waals surface area contributed by atoms with Crippen LogP contribution in [0.25, 0.3) is 0 Å². The lowest BCUT2D eigenvalue weighted by molar-refractivity contribution is -0.137. The summed E-state index contributed by atoms with van der Waals surface area (Å²) >= 11 is 0. The molecule has 4 aliphatic carbocycles. The molecule has 7 atom stereocenters. The minimum atomic E-state index is -0.658. The van der Waals surface area contributed by atoms with Gasteiger partial charge in [-0.1, -0.05) is 56.6 Å². The molecule has 1 aromatic rings. The molecule has 0 aliphatic heterocycles. The second-order valence-electron chi connectivity index (χ2n) is 12.1. The Kier molecular flexibility index (Phi) is 4.74. The topological polar surface area (TPSA) is 76.2 Å². The normalized spacial score (nSPS) is 41.4. The van der Waals surface area contributed by atoms with E-state index in [2.05, 4.69) is 51.0 Å². The van der Waals surface area contributed by atoms with Crippen molar-refractivity contribution >= 4 is 5.97 Å². The maximum atomic E-state index is 11.1. The highest BCUT2D eigenvalue weighted by Gasteiger charge is 2.61. The van der Waals surface area contributed by atoms with Gasteiger partial charge in [0.2, 0.25) is 0 Å². The fraction of sp³-hybridized carbons (Fsp3) is 0.808. The molecule has 31 heavy (non-hydrogen) atoms. The van der Waals surface area contributed by atoms with Crippen molar-refractivity contribution in [3.63, 3.8) is 0 Å². The van der Waals surface area contributed by atoms with Crippen LogP contribution in [0.2, 0.25) is 0 Å². The standard InChI is InChI=1S/C26H38N2O3/c1-15(6-11-22(29)30)17-8-9-18-16-7-10-21-24(2,3)23-20(27-31-28-23)14-26(21,5)19(16)12-13-25(17,18)4/h10,15-19H,6-9,11-14H2,1-5H3,(H,29,30)/t15-,16+,17-,18+,19+,25-,26-/m1/s1. The van der Waals surface area contributed by atoms with Gasteiger partial charge in [0.05, 0.1) is 0 Å². The molecule has 1 N–H and O–H groups in total. The second kappa shape index (κ2) is 6.92. The number of rotatable bonds is 4. The van der Waals surface area contributed by atoms with Crippen molar-refractivity contribution in [2.75, 3.05) is 0 Å². The van der Waals surface area contributed by atoms with E-state index in [-0.39, 0.29) is 10.8 Å². The maximum Gasteiger partial charge on any atom is 0.303 e. The van der Waals surface area contributed by atoms with Crippen LogP contribution in [-0.2, 0) is 16.6 Å². The molecule has 4 aliphatic rings. The van der Waals surface area contributed by atoms with Gasteiger partial charge in [-0.25, -0.2) is 4.63 Å². The zero-order valence-electron chi connectivity index (χ0n) is 19.8. The van der Waals surface area contributed by atoms with Crippen molar-refractivity contribution < 1.29 is 14.5 Å². The van der Waals surface area contributed by atoms with Gasteiger partial charge in [0.1, 0.15) is 11.4 Å². The van der Waals surface area contributed by atoms with Crippen LogP contribution in [0.3, 0.4) is 0 Å². The highest BCUT2D eigenvalue weighted by Crippen LogP contribution is 2.68. The van der Waals surface area contributed by atoms with Gasteiger partial charge in [0.15, 0.2) is 0 Å². The first-order chi connectivity index (χ1) is 14.6. The molecule has 0 radical (unpaired) electrons. The lowest BCUT2D eigenvalue weighted by Gasteiger charge is -2.59. The van der Waals surface area contributed by atoms with Crippen molar-refractivity contribution in [3.8, 4) is 0 Å². The third kappa shape index (κ3) is 2.90. The smallest absolute Gasteiger partial charge is 0.303 e. The van der Waals surface area contributed by atoms with E-state index in [9.17, 15) is 4.79 Å². The summed E-state index contributed by atoms with van der Waals surface area (Å²) in [6.45, 7) is 11.9. The average Bonchev–Trinajstić information content (AvgIpc) is 3.30. The summed E-state index contributed by atoms with van der Waals surface area (Å²) in [4.78, 5) is 11.1. The number of nitrogens with zero attached hydrogens (tertiary/aromatic N) is 2. The number of hydrogen-bond acceptors (Lipinski definition) is 4. The zero-order valence-corrected chi connectivity index (χ0v) is 19.8. The van der Waals surface area contributed by atoms with Gasteiger partial charge >= 0.3 is 5.97 Å². The highest BCUT2D eigenvalue weighted by atomic mass is 16.6. The van der Waals surface area contributed by atoms with Gasteiger partial charge in [0, 0.05) is 18.3 Å². The number of hydrogen-bond donors (Lipinski definition) is 1.